The zero-order valence-electron chi connectivity index (χ0n) is 11.4. The minimum Gasteiger partial charge on any atom is -0.490 e. The third-order valence-corrected chi connectivity index (χ3v) is 4.03. The van der Waals surface area contributed by atoms with E-state index in [0.717, 1.165) is 13.1 Å². The van der Waals surface area contributed by atoms with Crippen molar-refractivity contribution in [3.8, 4) is 5.75 Å². The first-order valence-electron chi connectivity index (χ1n) is 6.46. The number of benzene rings is 1. The van der Waals surface area contributed by atoms with Crippen molar-refractivity contribution in [3.05, 3.63) is 33.9 Å². The van der Waals surface area contributed by atoms with Gasteiger partial charge in [0, 0.05) is 36.8 Å². The maximum Gasteiger partial charge on any atom is 0.310 e. The molecule has 2 atom stereocenters. The van der Waals surface area contributed by atoms with Crippen molar-refractivity contribution in [2.24, 2.45) is 11.8 Å². The molecule has 1 amide bonds. The summed E-state index contributed by atoms with van der Waals surface area (Å²) >= 11 is 0. The number of hydrogen-bond acceptors (Lipinski definition) is 5. The molecule has 114 valence electrons. The predicted molar refractivity (Wildman–Crippen MR) is 78.0 cm³/mol. The molecule has 1 saturated heterocycles. The van der Waals surface area contributed by atoms with Gasteiger partial charge in [0.1, 0.15) is 0 Å². The maximum absolute atomic E-state index is 12.1. The van der Waals surface area contributed by atoms with E-state index < -0.39 is 4.92 Å². The number of carbonyl (C=O) groups excluding carboxylic acids is 1. The number of nitro groups is 1. The van der Waals surface area contributed by atoms with Crippen LogP contribution in [0.2, 0.25) is 0 Å². The summed E-state index contributed by atoms with van der Waals surface area (Å²) in [5.41, 5.74) is 0.238. The number of ether oxygens (including phenoxy) is 1. The second-order valence-electron chi connectivity index (χ2n) is 5.13. The van der Waals surface area contributed by atoms with Crippen molar-refractivity contribution in [1.29, 1.82) is 0 Å². The molecule has 0 bridgehead atoms. The van der Waals surface area contributed by atoms with E-state index in [-0.39, 0.29) is 35.8 Å². The van der Waals surface area contributed by atoms with Crippen molar-refractivity contribution >= 4 is 24.0 Å². The lowest BCUT2D eigenvalue weighted by Gasteiger charge is -2.09. The van der Waals surface area contributed by atoms with Crippen LogP contribution < -0.4 is 15.4 Å². The normalized spacial score (nSPS) is 25.5. The molecule has 0 spiro atoms. The molecule has 0 radical (unpaired) electrons. The lowest BCUT2D eigenvalue weighted by molar-refractivity contribution is -0.385. The van der Waals surface area contributed by atoms with Crippen LogP contribution >= 0.6 is 12.4 Å². The molecule has 2 aliphatic rings. The fourth-order valence-electron chi connectivity index (χ4n) is 2.84. The average molecular weight is 314 g/mol. The van der Waals surface area contributed by atoms with E-state index in [9.17, 15) is 14.9 Å². The van der Waals surface area contributed by atoms with Gasteiger partial charge in [-0.05, 0) is 17.9 Å². The number of rotatable bonds is 4. The zero-order valence-corrected chi connectivity index (χ0v) is 12.2. The van der Waals surface area contributed by atoms with Crippen LogP contribution in [-0.4, -0.2) is 37.1 Å². The highest BCUT2D eigenvalue weighted by atomic mass is 35.5. The highest BCUT2D eigenvalue weighted by Crippen LogP contribution is 2.41. The summed E-state index contributed by atoms with van der Waals surface area (Å²) in [6.45, 7) is 1.89. The second kappa shape index (κ2) is 5.87. The van der Waals surface area contributed by atoms with Crippen LogP contribution in [0.15, 0.2) is 18.2 Å². The largest absolute Gasteiger partial charge is 0.490 e. The number of piperidine rings is 1. The first kappa shape index (κ1) is 15.5. The summed E-state index contributed by atoms with van der Waals surface area (Å²) in [4.78, 5) is 22.4. The second-order valence-corrected chi connectivity index (χ2v) is 5.13. The van der Waals surface area contributed by atoms with Gasteiger partial charge in [0.25, 0.3) is 5.91 Å². The van der Waals surface area contributed by atoms with Crippen LogP contribution in [0.3, 0.4) is 0 Å². The van der Waals surface area contributed by atoms with E-state index in [1.165, 1.54) is 25.3 Å². The molecule has 2 N–H and O–H groups in total. The van der Waals surface area contributed by atoms with E-state index in [4.69, 9.17) is 4.74 Å². The Balaban J connectivity index is 0.00000161. The first-order valence-corrected chi connectivity index (χ1v) is 6.46. The topological polar surface area (TPSA) is 93.5 Å². The summed E-state index contributed by atoms with van der Waals surface area (Å²) in [5.74, 6) is 0.940. The Morgan fingerprint density at radius 2 is 2.10 bits per heavy atom. The Kier molecular flexibility index (Phi) is 4.34. The Labute approximate surface area is 127 Å². The average Bonchev–Trinajstić information content (AvgIpc) is 2.88. The minimum atomic E-state index is -0.530. The molecule has 1 aliphatic carbocycles. The first-order chi connectivity index (χ1) is 9.61. The third-order valence-electron chi connectivity index (χ3n) is 4.03. The Morgan fingerprint density at radius 3 is 2.67 bits per heavy atom. The molecule has 7 nitrogen and oxygen atoms in total. The van der Waals surface area contributed by atoms with E-state index in [1.54, 1.807) is 0 Å². The number of carbonyl (C=O) groups is 1. The Bertz CT molecular complexity index is 571. The van der Waals surface area contributed by atoms with Crippen LogP contribution in [0.1, 0.15) is 10.4 Å². The van der Waals surface area contributed by atoms with Crippen LogP contribution in [-0.2, 0) is 0 Å². The van der Waals surface area contributed by atoms with Gasteiger partial charge >= 0.3 is 5.69 Å². The molecule has 0 aromatic heterocycles. The number of nitro benzene ring substituents is 1. The van der Waals surface area contributed by atoms with Crippen molar-refractivity contribution in [1.82, 2.24) is 10.6 Å². The number of hydrogen-bond donors (Lipinski definition) is 2. The lowest BCUT2D eigenvalue weighted by atomic mass is 10.1. The molecule has 8 heteroatoms. The van der Waals surface area contributed by atoms with E-state index in [2.05, 4.69) is 10.6 Å². The Hall–Kier alpha value is -1.86. The molecule has 1 heterocycles. The predicted octanol–water partition coefficient (Wildman–Crippen LogP) is 0.973. The lowest BCUT2D eigenvalue weighted by Crippen LogP contribution is -2.32. The van der Waals surface area contributed by atoms with Crippen LogP contribution in [0.4, 0.5) is 5.69 Å². The van der Waals surface area contributed by atoms with Gasteiger partial charge in [-0.25, -0.2) is 0 Å². The molecular formula is C13H16ClN3O4. The van der Waals surface area contributed by atoms with Gasteiger partial charge in [-0.15, -0.1) is 12.4 Å². The number of nitrogens with zero attached hydrogens (tertiary/aromatic N) is 1. The quantitative estimate of drug-likeness (QED) is 0.638. The molecule has 21 heavy (non-hydrogen) atoms. The smallest absolute Gasteiger partial charge is 0.310 e. The fraction of sp³-hybridized carbons (Fsp3) is 0.462. The summed E-state index contributed by atoms with van der Waals surface area (Å²) in [6, 6.07) is 4.38. The Morgan fingerprint density at radius 1 is 1.43 bits per heavy atom. The summed E-state index contributed by atoms with van der Waals surface area (Å²) < 4.78 is 4.96. The molecule has 3 rings (SSSR count). The standard InChI is InChI=1S/C13H15N3O4.ClH/c1-20-11-4-7(2-3-10(11)16(18)19)13(17)15-12-8-5-14-6-9(8)12;/h2-4,8-9,12,14H,5-6H2,1H3,(H,15,17);1H. The van der Waals surface area contributed by atoms with Gasteiger partial charge in [0.2, 0.25) is 0 Å². The molecule has 1 aromatic rings. The SMILES string of the molecule is COc1cc(C(=O)NC2C3CNCC32)ccc1[N+](=O)[O-].Cl. The van der Waals surface area contributed by atoms with Gasteiger partial charge in [-0.2, -0.15) is 0 Å². The van der Waals surface area contributed by atoms with Crippen LogP contribution in [0.5, 0.6) is 5.75 Å². The zero-order chi connectivity index (χ0) is 14.3. The summed E-state index contributed by atoms with van der Waals surface area (Å²) in [6.07, 6.45) is 0. The number of nitrogens with one attached hydrogen (secondary N) is 2. The van der Waals surface area contributed by atoms with Gasteiger partial charge < -0.3 is 15.4 Å². The summed E-state index contributed by atoms with van der Waals surface area (Å²) in [5, 5.41) is 17.0. The van der Waals surface area contributed by atoms with Crippen molar-refractivity contribution < 1.29 is 14.5 Å². The molecular weight excluding hydrogens is 298 g/mol. The number of halogens is 1. The number of methoxy groups -OCH3 is 1. The number of amides is 1. The van der Waals surface area contributed by atoms with Gasteiger partial charge in [0.05, 0.1) is 12.0 Å². The van der Waals surface area contributed by atoms with Gasteiger partial charge in [-0.1, -0.05) is 0 Å². The molecule has 1 aliphatic heterocycles. The van der Waals surface area contributed by atoms with Crippen molar-refractivity contribution in [2.75, 3.05) is 20.2 Å². The number of fused-ring (bicyclic) bond motifs is 1. The molecule has 1 aromatic carbocycles. The molecule has 2 fully saturated rings. The van der Waals surface area contributed by atoms with Gasteiger partial charge in [-0.3, -0.25) is 14.9 Å². The van der Waals surface area contributed by atoms with E-state index in [0.29, 0.717) is 17.4 Å². The minimum absolute atomic E-state index is 0. The third kappa shape index (κ3) is 2.79. The van der Waals surface area contributed by atoms with Gasteiger partial charge in [0.15, 0.2) is 5.75 Å². The van der Waals surface area contributed by atoms with Crippen molar-refractivity contribution in [2.45, 2.75) is 6.04 Å². The highest BCUT2D eigenvalue weighted by Gasteiger charge is 2.53. The van der Waals surface area contributed by atoms with E-state index >= 15 is 0 Å². The van der Waals surface area contributed by atoms with Crippen LogP contribution in [0, 0.1) is 22.0 Å². The summed E-state index contributed by atoms with van der Waals surface area (Å²) in [7, 11) is 1.35. The van der Waals surface area contributed by atoms with E-state index in [1.807, 2.05) is 0 Å². The fourth-order valence-corrected chi connectivity index (χ4v) is 2.84. The molecule has 1 saturated carbocycles. The monoisotopic (exact) mass is 313 g/mol. The molecule has 2 unspecified atom stereocenters. The maximum atomic E-state index is 12.1. The van der Waals surface area contributed by atoms with Crippen LogP contribution in [0.25, 0.3) is 0 Å². The van der Waals surface area contributed by atoms with Crippen molar-refractivity contribution in [3.63, 3.8) is 0 Å². The highest BCUT2D eigenvalue weighted by molar-refractivity contribution is 5.95.